The minimum Gasteiger partial charge on any atom is -0.491 e. The summed E-state index contributed by atoms with van der Waals surface area (Å²) in [6.45, 7) is 5.08. The molecule has 0 amide bonds. The van der Waals surface area contributed by atoms with Crippen molar-refractivity contribution in [3.05, 3.63) is 29.1 Å². The van der Waals surface area contributed by atoms with Gasteiger partial charge < -0.3 is 14.2 Å². The largest absolute Gasteiger partial charge is 0.491 e. The predicted molar refractivity (Wildman–Crippen MR) is 75.7 cm³/mol. The molecule has 1 aliphatic heterocycles. The maximum atomic E-state index is 14.1. The van der Waals surface area contributed by atoms with Crippen LogP contribution in [0.5, 0.6) is 5.75 Å². The van der Waals surface area contributed by atoms with Crippen LogP contribution in [-0.4, -0.2) is 26.1 Å². The van der Waals surface area contributed by atoms with Gasteiger partial charge in [0, 0.05) is 12.3 Å². The number of hydrogen-bond donors (Lipinski definition) is 0. The van der Waals surface area contributed by atoms with Crippen molar-refractivity contribution in [2.75, 3.05) is 19.8 Å². The molecule has 2 rings (SSSR count). The standard InChI is InChI=1S/C16H21F3O3/c1-3-20-12-6-4-11(14(15(12)17)16(18)19)5-7-13-21-8-10(2)9-22-13/h4,6,10,13,16H,3,5,7-9H2,1-2H3. The molecule has 0 N–H and O–H groups in total. The van der Waals surface area contributed by atoms with Crippen LogP contribution < -0.4 is 4.74 Å². The molecule has 0 bridgehead atoms. The van der Waals surface area contributed by atoms with E-state index < -0.39 is 24.1 Å². The Labute approximate surface area is 128 Å². The Morgan fingerprint density at radius 1 is 1.27 bits per heavy atom. The first-order chi connectivity index (χ1) is 10.5. The van der Waals surface area contributed by atoms with E-state index in [0.29, 0.717) is 25.6 Å². The zero-order chi connectivity index (χ0) is 16.1. The highest BCUT2D eigenvalue weighted by Crippen LogP contribution is 2.33. The van der Waals surface area contributed by atoms with E-state index in [9.17, 15) is 13.2 Å². The average molecular weight is 318 g/mol. The molecule has 22 heavy (non-hydrogen) atoms. The number of aryl methyl sites for hydroxylation is 1. The number of halogens is 3. The number of alkyl halides is 2. The number of ether oxygens (including phenoxy) is 3. The van der Waals surface area contributed by atoms with E-state index >= 15 is 0 Å². The van der Waals surface area contributed by atoms with E-state index in [0.717, 1.165) is 0 Å². The zero-order valence-electron chi connectivity index (χ0n) is 12.8. The molecule has 1 aliphatic rings. The molecule has 1 fully saturated rings. The molecule has 0 unspecified atom stereocenters. The molecule has 1 heterocycles. The van der Waals surface area contributed by atoms with Crippen molar-refractivity contribution in [2.24, 2.45) is 5.92 Å². The fourth-order valence-corrected chi connectivity index (χ4v) is 2.41. The Bertz CT molecular complexity index is 486. The third-order valence-corrected chi connectivity index (χ3v) is 3.54. The molecule has 0 aliphatic carbocycles. The van der Waals surface area contributed by atoms with Crippen molar-refractivity contribution >= 4 is 0 Å². The summed E-state index contributed by atoms with van der Waals surface area (Å²) < 4.78 is 56.4. The van der Waals surface area contributed by atoms with Crippen molar-refractivity contribution in [3.63, 3.8) is 0 Å². The SMILES string of the molecule is CCOc1ccc(CCC2OCC(C)CO2)c(C(F)F)c1F. The summed E-state index contributed by atoms with van der Waals surface area (Å²) in [4.78, 5) is 0. The lowest BCUT2D eigenvalue weighted by Gasteiger charge is -2.27. The lowest BCUT2D eigenvalue weighted by atomic mass is 10.0. The van der Waals surface area contributed by atoms with Gasteiger partial charge in [0.25, 0.3) is 6.43 Å². The summed E-state index contributed by atoms with van der Waals surface area (Å²) in [6, 6.07) is 2.88. The van der Waals surface area contributed by atoms with Crippen molar-refractivity contribution in [2.45, 2.75) is 39.4 Å². The van der Waals surface area contributed by atoms with Gasteiger partial charge in [-0.1, -0.05) is 13.0 Å². The van der Waals surface area contributed by atoms with Crippen LogP contribution in [0.4, 0.5) is 13.2 Å². The zero-order valence-corrected chi connectivity index (χ0v) is 12.8. The summed E-state index contributed by atoms with van der Waals surface area (Å²) in [5.41, 5.74) is -0.322. The molecule has 0 radical (unpaired) electrons. The van der Waals surface area contributed by atoms with Crippen molar-refractivity contribution in [3.8, 4) is 5.75 Å². The molecule has 1 saturated heterocycles. The van der Waals surface area contributed by atoms with Gasteiger partial charge in [0.05, 0.1) is 25.4 Å². The van der Waals surface area contributed by atoms with E-state index in [-0.39, 0.29) is 24.3 Å². The lowest BCUT2D eigenvalue weighted by molar-refractivity contribution is -0.199. The first-order valence-corrected chi connectivity index (χ1v) is 7.48. The van der Waals surface area contributed by atoms with E-state index in [1.54, 1.807) is 6.92 Å². The summed E-state index contributed by atoms with van der Waals surface area (Å²) >= 11 is 0. The molecule has 0 atom stereocenters. The minimum atomic E-state index is -2.89. The molecule has 0 aromatic heterocycles. The number of benzene rings is 1. The summed E-state index contributed by atoms with van der Waals surface area (Å²) in [5.74, 6) is -0.787. The van der Waals surface area contributed by atoms with Gasteiger partial charge in [-0.25, -0.2) is 13.2 Å². The van der Waals surface area contributed by atoms with Crippen LogP contribution in [0.15, 0.2) is 12.1 Å². The Morgan fingerprint density at radius 3 is 2.55 bits per heavy atom. The number of rotatable bonds is 6. The maximum Gasteiger partial charge on any atom is 0.267 e. The highest BCUT2D eigenvalue weighted by atomic mass is 19.3. The van der Waals surface area contributed by atoms with E-state index in [2.05, 4.69) is 0 Å². The topological polar surface area (TPSA) is 27.7 Å². The molecule has 6 heteroatoms. The second-order valence-corrected chi connectivity index (χ2v) is 5.42. The fourth-order valence-electron chi connectivity index (χ4n) is 2.41. The quantitative estimate of drug-likeness (QED) is 0.790. The molecule has 0 spiro atoms. The van der Waals surface area contributed by atoms with E-state index in [1.807, 2.05) is 6.92 Å². The van der Waals surface area contributed by atoms with E-state index in [1.165, 1.54) is 12.1 Å². The van der Waals surface area contributed by atoms with Crippen LogP contribution >= 0.6 is 0 Å². The van der Waals surface area contributed by atoms with Crippen LogP contribution in [-0.2, 0) is 15.9 Å². The van der Waals surface area contributed by atoms with Crippen molar-refractivity contribution in [1.82, 2.24) is 0 Å². The first kappa shape index (κ1) is 17.1. The van der Waals surface area contributed by atoms with Crippen LogP contribution in [0, 0.1) is 11.7 Å². The normalized spacial score (nSPS) is 22.1. The second-order valence-electron chi connectivity index (χ2n) is 5.42. The van der Waals surface area contributed by atoms with Gasteiger partial charge in [-0.2, -0.15) is 0 Å². The van der Waals surface area contributed by atoms with Gasteiger partial charge in [0.1, 0.15) is 0 Å². The monoisotopic (exact) mass is 318 g/mol. The maximum absolute atomic E-state index is 14.1. The molecule has 3 nitrogen and oxygen atoms in total. The summed E-state index contributed by atoms with van der Waals surface area (Å²) in [6.07, 6.45) is -2.62. The Morgan fingerprint density at radius 2 is 1.95 bits per heavy atom. The van der Waals surface area contributed by atoms with Crippen LogP contribution in [0.1, 0.15) is 37.8 Å². The molecule has 1 aromatic carbocycles. The second kappa shape index (κ2) is 7.83. The van der Waals surface area contributed by atoms with Gasteiger partial charge in [-0.15, -0.1) is 0 Å². The molecule has 1 aromatic rings. The van der Waals surface area contributed by atoms with Gasteiger partial charge >= 0.3 is 0 Å². The summed E-state index contributed by atoms with van der Waals surface area (Å²) in [5, 5.41) is 0. The highest BCUT2D eigenvalue weighted by molar-refractivity contribution is 5.38. The Balaban J connectivity index is 2.08. The van der Waals surface area contributed by atoms with Gasteiger partial charge in [-0.05, 0) is 25.0 Å². The van der Waals surface area contributed by atoms with Gasteiger partial charge in [-0.3, -0.25) is 0 Å². The van der Waals surface area contributed by atoms with Crippen molar-refractivity contribution < 1.29 is 27.4 Å². The minimum absolute atomic E-state index is 0.138. The van der Waals surface area contributed by atoms with Crippen LogP contribution in [0.3, 0.4) is 0 Å². The molecular weight excluding hydrogens is 297 g/mol. The molecule has 0 saturated carbocycles. The van der Waals surface area contributed by atoms with Gasteiger partial charge in [0.15, 0.2) is 17.9 Å². The fraction of sp³-hybridized carbons (Fsp3) is 0.625. The average Bonchev–Trinajstić information content (AvgIpc) is 2.49. The van der Waals surface area contributed by atoms with Gasteiger partial charge in [0.2, 0.25) is 0 Å². The molecular formula is C16H21F3O3. The Hall–Kier alpha value is -1.27. The molecule has 124 valence electrons. The van der Waals surface area contributed by atoms with Crippen molar-refractivity contribution in [1.29, 1.82) is 0 Å². The van der Waals surface area contributed by atoms with E-state index in [4.69, 9.17) is 14.2 Å². The summed E-state index contributed by atoms with van der Waals surface area (Å²) in [7, 11) is 0. The Kier molecular flexibility index (Phi) is 6.08. The third kappa shape index (κ3) is 4.14. The highest BCUT2D eigenvalue weighted by Gasteiger charge is 2.24. The third-order valence-electron chi connectivity index (χ3n) is 3.54. The van der Waals surface area contributed by atoms with Crippen LogP contribution in [0.25, 0.3) is 0 Å². The lowest BCUT2D eigenvalue weighted by Crippen LogP contribution is -2.30. The predicted octanol–water partition coefficient (Wildman–Crippen LogP) is 4.10. The smallest absolute Gasteiger partial charge is 0.267 e. The first-order valence-electron chi connectivity index (χ1n) is 7.48. The van der Waals surface area contributed by atoms with Crippen LogP contribution in [0.2, 0.25) is 0 Å². The number of hydrogen-bond acceptors (Lipinski definition) is 3.